The summed E-state index contributed by atoms with van der Waals surface area (Å²) in [4.78, 5) is 17.9. The summed E-state index contributed by atoms with van der Waals surface area (Å²) in [5.74, 6) is -0.0199. The van der Waals surface area contributed by atoms with E-state index in [4.69, 9.17) is 0 Å². The summed E-state index contributed by atoms with van der Waals surface area (Å²) < 4.78 is 25.3. The predicted molar refractivity (Wildman–Crippen MR) is 81.9 cm³/mol. The minimum Gasteiger partial charge on any atom is -0.340 e. The van der Waals surface area contributed by atoms with Crippen molar-refractivity contribution in [1.29, 1.82) is 0 Å². The Hall–Kier alpha value is -1.47. The summed E-state index contributed by atoms with van der Waals surface area (Å²) in [5.41, 5.74) is 0.948. The number of nitrogens with zero attached hydrogens (tertiary/aromatic N) is 2. The largest absolute Gasteiger partial charge is 0.340 e. The molecule has 1 aromatic rings. The smallest absolute Gasteiger partial charge is 0.240 e. The summed E-state index contributed by atoms with van der Waals surface area (Å²) >= 11 is 0. The number of likely N-dealkylation sites (N-methyl/N-ethyl adjacent to an activating group) is 1. The molecule has 1 heterocycles. The third-order valence-corrected chi connectivity index (χ3v) is 3.62. The maximum atomic E-state index is 12.4. The lowest BCUT2D eigenvalue weighted by atomic mass is 10.0. The van der Waals surface area contributed by atoms with E-state index < -0.39 is 16.1 Å². The van der Waals surface area contributed by atoms with Crippen LogP contribution >= 0.6 is 0 Å². The van der Waals surface area contributed by atoms with Gasteiger partial charge in [-0.2, -0.15) is 0 Å². The second-order valence-corrected chi connectivity index (χ2v) is 7.40. The summed E-state index contributed by atoms with van der Waals surface area (Å²) in [5, 5.41) is 0. The Labute approximate surface area is 126 Å². The van der Waals surface area contributed by atoms with Crippen LogP contribution < -0.4 is 4.72 Å². The van der Waals surface area contributed by atoms with Gasteiger partial charge in [0, 0.05) is 26.0 Å². The van der Waals surface area contributed by atoms with Gasteiger partial charge >= 0.3 is 0 Å². The van der Waals surface area contributed by atoms with E-state index in [1.165, 1.54) is 4.90 Å². The lowest BCUT2D eigenvalue weighted by molar-refractivity contribution is -0.132. The quantitative estimate of drug-likeness (QED) is 0.814. The first-order chi connectivity index (χ1) is 9.69. The number of hydrogen-bond donors (Lipinski definition) is 1. The molecule has 0 aliphatic rings. The molecule has 0 spiro atoms. The van der Waals surface area contributed by atoms with E-state index in [-0.39, 0.29) is 11.8 Å². The van der Waals surface area contributed by atoms with Gasteiger partial charge < -0.3 is 4.90 Å². The number of amides is 1. The third kappa shape index (κ3) is 6.68. The minimum absolute atomic E-state index is 0.211. The van der Waals surface area contributed by atoms with Crippen LogP contribution in [0.3, 0.4) is 0 Å². The van der Waals surface area contributed by atoms with Crippen molar-refractivity contribution in [3.8, 4) is 0 Å². The standard InChI is InChI=1S/C14H23N3O3S/c1-11(2)9-13(16-21(4,19)20)14(18)17(3)10-12-5-7-15-8-6-12/h5-8,11,13,16H,9-10H2,1-4H3. The second kappa shape index (κ2) is 7.51. The number of aromatic nitrogens is 1. The molecule has 0 aromatic carbocycles. The molecule has 1 amide bonds. The molecule has 21 heavy (non-hydrogen) atoms. The van der Waals surface area contributed by atoms with E-state index in [2.05, 4.69) is 9.71 Å². The number of hydrogen-bond acceptors (Lipinski definition) is 4. The molecule has 7 heteroatoms. The Morgan fingerprint density at radius 2 is 1.90 bits per heavy atom. The number of carbonyl (C=O) groups is 1. The van der Waals surface area contributed by atoms with Gasteiger partial charge in [-0.25, -0.2) is 13.1 Å². The highest BCUT2D eigenvalue weighted by atomic mass is 32.2. The monoisotopic (exact) mass is 313 g/mol. The molecule has 1 aromatic heterocycles. The van der Waals surface area contributed by atoms with Crippen LogP contribution in [0.2, 0.25) is 0 Å². The molecule has 118 valence electrons. The normalized spacial score (nSPS) is 13.2. The summed E-state index contributed by atoms with van der Waals surface area (Å²) in [7, 11) is -1.76. The van der Waals surface area contributed by atoms with E-state index in [0.29, 0.717) is 13.0 Å². The number of nitrogens with one attached hydrogen (secondary N) is 1. The van der Waals surface area contributed by atoms with Crippen molar-refractivity contribution in [3.63, 3.8) is 0 Å². The van der Waals surface area contributed by atoms with Crippen molar-refractivity contribution in [2.45, 2.75) is 32.9 Å². The second-order valence-electron chi connectivity index (χ2n) is 5.62. The Morgan fingerprint density at radius 1 is 1.33 bits per heavy atom. The van der Waals surface area contributed by atoms with Gasteiger partial charge in [-0.1, -0.05) is 13.8 Å². The fourth-order valence-corrected chi connectivity index (χ4v) is 2.75. The Kier molecular flexibility index (Phi) is 6.29. The first kappa shape index (κ1) is 17.6. The van der Waals surface area contributed by atoms with Crippen molar-refractivity contribution in [2.24, 2.45) is 5.92 Å². The van der Waals surface area contributed by atoms with E-state index in [1.807, 2.05) is 26.0 Å². The molecule has 1 N–H and O–H groups in total. The van der Waals surface area contributed by atoms with Gasteiger partial charge in [-0.05, 0) is 30.0 Å². The molecular formula is C14H23N3O3S. The van der Waals surface area contributed by atoms with Gasteiger partial charge in [0.1, 0.15) is 6.04 Å². The topological polar surface area (TPSA) is 79.4 Å². The summed E-state index contributed by atoms with van der Waals surface area (Å²) in [6.45, 7) is 4.32. The van der Waals surface area contributed by atoms with Crippen LogP contribution in [0.5, 0.6) is 0 Å². The highest BCUT2D eigenvalue weighted by Gasteiger charge is 2.25. The fourth-order valence-electron chi connectivity index (χ4n) is 2.04. The Balaban J connectivity index is 2.79. The highest BCUT2D eigenvalue weighted by Crippen LogP contribution is 2.10. The highest BCUT2D eigenvalue weighted by molar-refractivity contribution is 7.88. The molecule has 1 atom stereocenters. The average molecular weight is 313 g/mol. The van der Waals surface area contributed by atoms with Gasteiger partial charge in [0.05, 0.1) is 6.26 Å². The zero-order valence-corrected chi connectivity index (χ0v) is 13.7. The first-order valence-corrected chi connectivity index (χ1v) is 8.69. The van der Waals surface area contributed by atoms with Crippen molar-refractivity contribution in [3.05, 3.63) is 30.1 Å². The van der Waals surface area contributed by atoms with Crippen LogP contribution in [0.4, 0.5) is 0 Å². The molecule has 0 saturated carbocycles. The van der Waals surface area contributed by atoms with Gasteiger partial charge in [0.2, 0.25) is 15.9 Å². The minimum atomic E-state index is -3.43. The van der Waals surface area contributed by atoms with Gasteiger partial charge in [-0.3, -0.25) is 9.78 Å². The van der Waals surface area contributed by atoms with Crippen molar-refractivity contribution < 1.29 is 13.2 Å². The lowest BCUT2D eigenvalue weighted by Crippen LogP contribution is -2.47. The molecule has 0 fully saturated rings. The zero-order chi connectivity index (χ0) is 16.0. The number of carbonyl (C=O) groups excluding carboxylic acids is 1. The summed E-state index contributed by atoms with van der Waals surface area (Å²) in [6.07, 6.45) is 4.85. The van der Waals surface area contributed by atoms with Crippen molar-refractivity contribution in [1.82, 2.24) is 14.6 Å². The molecule has 0 bridgehead atoms. The molecule has 0 aliphatic carbocycles. The van der Waals surface area contributed by atoms with Crippen LogP contribution in [-0.4, -0.2) is 43.6 Å². The van der Waals surface area contributed by atoms with Gasteiger partial charge in [-0.15, -0.1) is 0 Å². The van der Waals surface area contributed by atoms with E-state index in [0.717, 1.165) is 11.8 Å². The molecule has 6 nitrogen and oxygen atoms in total. The van der Waals surface area contributed by atoms with Crippen molar-refractivity contribution in [2.75, 3.05) is 13.3 Å². The average Bonchev–Trinajstić information content (AvgIpc) is 2.36. The third-order valence-electron chi connectivity index (χ3n) is 2.91. The van der Waals surface area contributed by atoms with Crippen LogP contribution in [0.1, 0.15) is 25.8 Å². The van der Waals surface area contributed by atoms with Crippen LogP contribution in [-0.2, 0) is 21.4 Å². The predicted octanol–water partition coefficient (Wildman–Crippen LogP) is 1.00. The molecule has 0 radical (unpaired) electrons. The molecular weight excluding hydrogens is 290 g/mol. The van der Waals surface area contributed by atoms with Crippen LogP contribution in [0, 0.1) is 5.92 Å². The number of pyridine rings is 1. The molecule has 1 rings (SSSR count). The molecule has 1 unspecified atom stereocenters. The maximum Gasteiger partial charge on any atom is 0.240 e. The molecule has 0 aliphatic heterocycles. The maximum absolute atomic E-state index is 12.4. The number of rotatable bonds is 7. The van der Waals surface area contributed by atoms with Gasteiger partial charge in [0.25, 0.3) is 0 Å². The Morgan fingerprint density at radius 3 is 2.38 bits per heavy atom. The lowest BCUT2D eigenvalue weighted by Gasteiger charge is -2.25. The SMILES string of the molecule is CC(C)CC(NS(C)(=O)=O)C(=O)N(C)Cc1ccncc1. The molecule has 0 saturated heterocycles. The fraction of sp³-hybridized carbons (Fsp3) is 0.571. The van der Waals surface area contributed by atoms with E-state index in [9.17, 15) is 13.2 Å². The zero-order valence-electron chi connectivity index (χ0n) is 12.9. The van der Waals surface area contributed by atoms with Crippen molar-refractivity contribution >= 4 is 15.9 Å². The van der Waals surface area contributed by atoms with Crippen LogP contribution in [0.15, 0.2) is 24.5 Å². The van der Waals surface area contributed by atoms with Crippen LogP contribution in [0.25, 0.3) is 0 Å². The number of sulfonamides is 1. The summed E-state index contributed by atoms with van der Waals surface area (Å²) in [6, 6.07) is 2.92. The Bertz CT molecular complexity index is 558. The van der Waals surface area contributed by atoms with E-state index in [1.54, 1.807) is 19.4 Å². The van der Waals surface area contributed by atoms with E-state index >= 15 is 0 Å². The van der Waals surface area contributed by atoms with Gasteiger partial charge in [0.15, 0.2) is 0 Å². The first-order valence-electron chi connectivity index (χ1n) is 6.80.